The number of carbonyl (C=O) groups is 2. The second kappa shape index (κ2) is 3.29. The number of hydrogen-bond donors (Lipinski definition) is 0. The van der Waals surface area contributed by atoms with Crippen molar-refractivity contribution < 1.29 is 23.8 Å². The quantitative estimate of drug-likeness (QED) is 0.499. The highest BCUT2D eigenvalue weighted by Gasteiger charge is 2.82. The second-order valence-corrected chi connectivity index (χ2v) is 8.04. The minimum atomic E-state index is -0.406. The Labute approximate surface area is 123 Å². The number of epoxide rings is 1. The molecule has 2 aliphatic carbocycles. The van der Waals surface area contributed by atoms with E-state index in [1.165, 1.54) is 0 Å². The fourth-order valence-corrected chi connectivity index (χ4v) is 6.22. The van der Waals surface area contributed by atoms with Gasteiger partial charge in [-0.1, -0.05) is 13.3 Å². The van der Waals surface area contributed by atoms with Crippen LogP contribution in [-0.4, -0.2) is 36.4 Å². The molecule has 5 nitrogen and oxygen atoms in total. The van der Waals surface area contributed by atoms with Crippen LogP contribution in [0, 0.1) is 22.7 Å². The molecule has 0 amide bonds. The Balaban J connectivity index is 1.67. The lowest BCUT2D eigenvalue weighted by Gasteiger charge is -2.55. The van der Waals surface area contributed by atoms with Gasteiger partial charge in [0, 0.05) is 11.8 Å². The molecule has 21 heavy (non-hydrogen) atoms. The Hall–Kier alpha value is -1.10. The summed E-state index contributed by atoms with van der Waals surface area (Å²) < 4.78 is 17.1. The molecule has 5 fully saturated rings. The van der Waals surface area contributed by atoms with E-state index in [0.717, 1.165) is 19.3 Å². The van der Waals surface area contributed by atoms with Crippen LogP contribution in [0.15, 0.2) is 0 Å². The van der Waals surface area contributed by atoms with Crippen molar-refractivity contribution in [2.45, 2.75) is 57.3 Å². The molecular weight excluding hydrogens is 272 g/mol. The van der Waals surface area contributed by atoms with E-state index in [4.69, 9.17) is 14.2 Å². The second-order valence-electron chi connectivity index (χ2n) is 8.04. The molecule has 3 heterocycles. The van der Waals surface area contributed by atoms with Crippen molar-refractivity contribution in [1.29, 1.82) is 0 Å². The van der Waals surface area contributed by atoms with Gasteiger partial charge in [0.25, 0.3) is 0 Å². The zero-order chi connectivity index (χ0) is 14.6. The van der Waals surface area contributed by atoms with E-state index in [2.05, 4.69) is 6.92 Å². The molecule has 0 aromatic heterocycles. The van der Waals surface area contributed by atoms with Gasteiger partial charge in [-0.2, -0.15) is 0 Å². The number of ether oxygens (including phenoxy) is 3. The summed E-state index contributed by atoms with van der Waals surface area (Å²) in [6.07, 6.45) is 3.13. The van der Waals surface area contributed by atoms with Crippen molar-refractivity contribution in [3.63, 3.8) is 0 Å². The predicted octanol–water partition coefficient (Wildman–Crippen LogP) is 1.44. The third-order valence-corrected chi connectivity index (χ3v) is 7.13. The van der Waals surface area contributed by atoms with Crippen LogP contribution in [0.3, 0.4) is 0 Å². The Bertz CT molecular complexity index is 573. The molecular formula is C16H20O5. The molecule has 0 aromatic carbocycles. The number of fused-ring (bicyclic) bond motifs is 2. The van der Waals surface area contributed by atoms with Gasteiger partial charge in [0.1, 0.15) is 24.4 Å². The lowest BCUT2D eigenvalue weighted by atomic mass is 9.45. The molecule has 2 saturated carbocycles. The number of rotatable bonds is 0. The van der Waals surface area contributed by atoms with Crippen molar-refractivity contribution in [2.24, 2.45) is 22.7 Å². The van der Waals surface area contributed by atoms with Gasteiger partial charge < -0.3 is 14.2 Å². The Morgan fingerprint density at radius 3 is 2.81 bits per heavy atom. The van der Waals surface area contributed by atoms with Crippen LogP contribution in [0.2, 0.25) is 0 Å². The normalized spacial score (nSPS) is 60.3. The zero-order valence-corrected chi connectivity index (χ0v) is 12.4. The number of esters is 2. The van der Waals surface area contributed by atoms with Gasteiger partial charge in [-0.15, -0.1) is 0 Å². The summed E-state index contributed by atoms with van der Waals surface area (Å²) in [5.41, 5.74) is -0.861. The van der Waals surface area contributed by atoms with Gasteiger partial charge in [-0.3, -0.25) is 9.59 Å². The number of cyclic esters (lactones) is 1. The first-order valence-corrected chi connectivity index (χ1v) is 7.96. The average molecular weight is 292 g/mol. The standard InChI is InChI=1S/C16H20O5/c1-14-4-3-5-15(2)11(14)10(20-13(15)18)12-16(21-12)7-19-9(17)6-8(14)16/h8,10-12H,3-7H2,1-2H3. The van der Waals surface area contributed by atoms with Crippen molar-refractivity contribution >= 4 is 11.9 Å². The molecule has 0 aromatic rings. The van der Waals surface area contributed by atoms with Crippen LogP contribution in [0.25, 0.3) is 0 Å². The van der Waals surface area contributed by atoms with Gasteiger partial charge in [-0.25, -0.2) is 0 Å². The minimum Gasteiger partial charge on any atom is -0.462 e. The average Bonchev–Trinajstić information content (AvgIpc) is 3.08. The lowest BCUT2D eigenvalue weighted by Crippen LogP contribution is -2.62. The van der Waals surface area contributed by atoms with Gasteiger partial charge >= 0.3 is 11.9 Å². The van der Waals surface area contributed by atoms with Crippen molar-refractivity contribution in [1.82, 2.24) is 0 Å². The molecule has 7 atom stereocenters. The topological polar surface area (TPSA) is 65.1 Å². The van der Waals surface area contributed by atoms with E-state index in [0.29, 0.717) is 13.0 Å². The fraction of sp³-hybridized carbons (Fsp3) is 0.875. The molecule has 3 saturated heterocycles. The first-order chi connectivity index (χ1) is 9.92. The summed E-state index contributed by atoms with van der Waals surface area (Å²) in [5, 5.41) is 0. The molecule has 5 aliphatic rings. The summed E-state index contributed by atoms with van der Waals surface area (Å²) in [6.45, 7) is 4.62. The highest BCUT2D eigenvalue weighted by Crippen LogP contribution is 2.72. The monoisotopic (exact) mass is 292 g/mol. The van der Waals surface area contributed by atoms with E-state index in [1.54, 1.807) is 0 Å². The van der Waals surface area contributed by atoms with Crippen LogP contribution < -0.4 is 0 Å². The SMILES string of the molecule is CC12CCCC3(C)C1C(OC2=O)C1OC12COC(=O)CC32. The minimum absolute atomic E-state index is 0.0695. The number of carbonyl (C=O) groups excluding carboxylic acids is 2. The van der Waals surface area contributed by atoms with E-state index < -0.39 is 5.41 Å². The summed E-state index contributed by atoms with van der Waals surface area (Å²) in [6, 6.07) is 0. The molecule has 114 valence electrons. The Morgan fingerprint density at radius 2 is 2.00 bits per heavy atom. The summed E-state index contributed by atoms with van der Waals surface area (Å²) in [7, 11) is 0. The van der Waals surface area contributed by atoms with Gasteiger partial charge in [0.2, 0.25) is 0 Å². The number of hydrogen-bond acceptors (Lipinski definition) is 5. The molecule has 3 aliphatic heterocycles. The zero-order valence-electron chi connectivity index (χ0n) is 12.4. The van der Waals surface area contributed by atoms with Crippen molar-refractivity contribution in [2.75, 3.05) is 6.61 Å². The third-order valence-electron chi connectivity index (χ3n) is 7.13. The van der Waals surface area contributed by atoms with E-state index in [-0.39, 0.29) is 47.0 Å². The van der Waals surface area contributed by atoms with Crippen LogP contribution in [0.1, 0.15) is 39.5 Å². The Kier molecular flexibility index (Phi) is 1.95. The third kappa shape index (κ3) is 1.17. The molecule has 0 radical (unpaired) electrons. The van der Waals surface area contributed by atoms with E-state index in [1.807, 2.05) is 6.92 Å². The molecule has 5 rings (SSSR count). The maximum absolute atomic E-state index is 12.5. The van der Waals surface area contributed by atoms with Crippen LogP contribution in [0.4, 0.5) is 0 Å². The molecule has 0 bridgehead atoms. The van der Waals surface area contributed by atoms with Gasteiger partial charge in [-0.05, 0) is 25.2 Å². The largest absolute Gasteiger partial charge is 0.462 e. The highest BCUT2D eigenvalue weighted by atomic mass is 16.7. The first kappa shape index (κ1) is 12.4. The van der Waals surface area contributed by atoms with E-state index in [9.17, 15) is 9.59 Å². The Morgan fingerprint density at radius 1 is 1.19 bits per heavy atom. The summed E-state index contributed by atoms with van der Waals surface area (Å²) >= 11 is 0. The van der Waals surface area contributed by atoms with Gasteiger partial charge in [0.05, 0.1) is 11.8 Å². The smallest absolute Gasteiger partial charge is 0.312 e. The highest BCUT2D eigenvalue weighted by molar-refractivity contribution is 5.80. The maximum Gasteiger partial charge on any atom is 0.312 e. The summed E-state index contributed by atoms with van der Waals surface area (Å²) in [4.78, 5) is 24.3. The van der Waals surface area contributed by atoms with Crippen LogP contribution in [0.5, 0.6) is 0 Å². The molecule has 1 spiro atoms. The lowest BCUT2D eigenvalue weighted by molar-refractivity contribution is -0.169. The van der Waals surface area contributed by atoms with Gasteiger partial charge in [0.15, 0.2) is 0 Å². The van der Waals surface area contributed by atoms with Crippen molar-refractivity contribution in [3.05, 3.63) is 0 Å². The molecule has 7 unspecified atom stereocenters. The maximum atomic E-state index is 12.5. The molecule has 0 N–H and O–H groups in total. The predicted molar refractivity (Wildman–Crippen MR) is 70.1 cm³/mol. The first-order valence-electron chi connectivity index (χ1n) is 7.96. The van der Waals surface area contributed by atoms with Crippen LogP contribution in [-0.2, 0) is 23.8 Å². The fourth-order valence-electron chi connectivity index (χ4n) is 6.22. The molecule has 5 heteroatoms. The summed E-state index contributed by atoms with van der Waals surface area (Å²) in [5.74, 6) is 0.131. The van der Waals surface area contributed by atoms with Crippen molar-refractivity contribution in [3.8, 4) is 0 Å². The van der Waals surface area contributed by atoms with Crippen LogP contribution >= 0.6 is 0 Å². The van der Waals surface area contributed by atoms with E-state index >= 15 is 0 Å².